The van der Waals surface area contributed by atoms with Gasteiger partial charge in [0.05, 0.1) is 26.8 Å². The number of hydrogen-bond donors (Lipinski definition) is 2. The van der Waals surface area contributed by atoms with Crippen LogP contribution in [0.5, 0.6) is 5.75 Å². The van der Waals surface area contributed by atoms with E-state index in [0.717, 1.165) is 7.14 Å². The summed E-state index contributed by atoms with van der Waals surface area (Å²) >= 11 is 13.6. The van der Waals surface area contributed by atoms with Crippen molar-refractivity contribution < 1.29 is 19.4 Å². The molecule has 0 unspecified atom stereocenters. The van der Waals surface area contributed by atoms with Crippen molar-refractivity contribution in [3.05, 3.63) is 62.6 Å². The van der Waals surface area contributed by atoms with Crippen LogP contribution in [0.4, 0.5) is 5.69 Å². The number of carbonyl (C=O) groups is 2. The summed E-state index contributed by atoms with van der Waals surface area (Å²) in [6.45, 7) is 0. The highest BCUT2D eigenvalue weighted by molar-refractivity contribution is 14.1. The third-order valence-corrected chi connectivity index (χ3v) is 9.21. The van der Waals surface area contributed by atoms with E-state index in [1.54, 1.807) is 42.8 Å². The van der Waals surface area contributed by atoms with E-state index < -0.39 is 5.97 Å². The van der Waals surface area contributed by atoms with Gasteiger partial charge < -0.3 is 15.2 Å². The molecule has 5 nitrogen and oxygen atoms in total. The predicted octanol–water partition coefficient (Wildman–Crippen LogP) is 6.84. The van der Waals surface area contributed by atoms with Gasteiger partial charge in [0.15, 0.2) is 0 Å². The molecule has 2 aromatic carbocycles. The van der Waals surface area contributed by atoms with Crippen LogP contribution in [0.3, 0.4) is 0 Å². The Morgan fingerprint density at radius 2 is 1.86 bits per heavy atom. The van der Waals surface area contributed by atoms with Crippen molar-refractivity contribution in [3.63, 3.8) is 0 Å². The van der Waals surface area contributed by atoms with E-state index in [1.165, 1.54) is 11.3 Å². The molecule has 0 aliphatic carbocycles. The number of halogens is 4. The lowest BCUT2D eigenvalue weighted by Crippen LogP contribution is -2.17. The number of anilines is 1. The molecule has 3 rings (SSSR count). The molecule has 3 aromatic rings. The van der Waals surface area contributed by atoms with Crippen LogP contribution in [0.25, 0.3) is 10.4 Å². The fourth-order valence-corrected chi connectivity index (χ4v) is 6.56. The molecule has 0 radical (unpaired) electrons. The number of aromatic carboxylic acids is 1. The van der Waals surface area contributed by atoms with E-state index in [4.69, 9.17) is 16.3 Å². The highest BCUT2D eigenvalue weighted by atomic mass is 127. The van der Waals surface area contributed by atoms with Crippen LogP contribution in [0.15, 0.2) is 35.7 Å². The molecular formula is C19H11ClI3NO4S. The van der Waals surface area contributed by atoms with Gasteiger partial charge in [-0.2, -0.15) is 0 Å². The van der Waals surface area contributed by atoms with Crippen molar-refractivity contribution in [3.8, 4) is 16.2 Å². The summed E-state index contributed by atoms with van der Waals surface area (Å²) in [5, 5.41) is 14.7. The van der Waals surface area contributed by atoms with Crippen molar-refractivity contribution in [1.29, 1.82) is 0 Å². The Morgan fingerprint density at radius 3 is 2.48 bits per heavy atom. The molecule has 1 amide bonds. The number of methoxy groups -OCH3 is 1. The Labute approximate surface area is 216 Å². The Kier molecular flexibility index (Phi) is 7.67. The minimum absolute atomic E-state index is 0.0406. The summed E-state index contributed by atoms with van der Waals surface area (Å²) in [6.07, 6.45) is 0. The highest BCUT2D eigenvalue weighted by Crippen LogP contribution is 2.38. The van der Waals surface area contributed by atoms with E-state index >= 15 is 0 Å². The van der Waals surface area contributed by atoms with E-state index in [9.17, 15) is 14.7 Å². The first kappa shape index (κ1) is 23.0. The average molecular weight is 766 g/mol. The highest BCUT2D eigenvalue weighted by Gasteiger charge is 2.24. The quantitative estimate of drug-likeness (QED) is 0.221. The van der Waals surface area contributed by atoms with Crippen LogP contribution in [0.1, 0.15) is 20.7 Å². The zero-order valence-electron chi connectivity index (χ0n) is 14.6. The van der Waals surface area contributed by atoms with Gasteiger partial charge in [-0.05, 0) is 91.5 Å². The molecule has 29 heavy (non-hydrogen) atoms. The Morgan fingerprint density at radius 1 is 1.14 bits per heavy atom. The lowest BCUT2D eigenvalue weighted by atomic mass is 10.1. The van der Waals surface area contributed by atoms with E-state index in [-0.39, 0.29) is 17.2 Å². The Bertz CT molecular complexity index is 1130. The van der Waals surface area contributed by atoms with Gasteiger partial charge >= 0.3 is 5.97 Å². The fraction of sp³-hybridized carbons (Fsp3) is 0.0526. The summed E-state index contributed by atoms with van der Waals surface area (Å²) < 4.78 is 7.61. The van der Waals surface area contributed by atoms with E-state index in [1.807, 2.05) is 0 Å². The van der Waals surface area contributed by atoms with Gasteiger partial charge in [0, 0.05) is 17.5 Å². The smallest absolute Gasteiger partial charge is 0.339 e. The van der Waals surface area contributed by atoms with Crippen molar-refractivity contribution in [2.24, 2.45) is 0 Å². The lowest BCUT2D eigenvalue weighted by molar-refractivity contribution is 0.0699. The Balaban J connectivity index is 2.03. The van der Waals surface area contributed by atoms with Crippen LogP contribution >= 0.6 is 90.7 Å². The van der Waals surface area contributed by atoms with Crippen LogP contribution in [0, 0.1) is 10.7 Å². The molecule has 0 spiro atoms. The van der Waals surface area contributed by atoms with Crippen LogP contribution < -0.4 is 10.1 Å². The zero-order valence-corrected chi connectivity index (χ0v) is 22.6. The summed E-state index contributed by atoms with van der Waals surface area (Å²) in [5.74, 6) is -0.816. The first-order valence-electron chi connectivity index (χ1n) is 7.88. The second-order valence-corrected chi connectivity index (χ2v) is 10.3. The molecule has 2 N–H and O–H groups in total. The number of rotatable bonds is 5. The van der Waals surface area contributed by atoms with E-state index in [0.29, 0.717) is 30.3 Å². The van der Waals surface area contributed by atoms with Gasteiger partial charge in [-0.25, -0.2) is 4.79 Å². The van der Waals surface area contributed by atoms with Gasteiger partial charge in [-0.1, -0.05) is 23.7 Å². The van der Waals surface area contributed by atoms with Gasteiger partial charge in [0.25, 0.3) is 5.91 Å². The minimum Gasteiger partial charge on any atom is -0.496 e. The molecule has 1 heterocycles. The van der Waals surface area contributed by atoms with Gasteiger partial charge in [-0.3, -0.25) is 4.79 Å². The second-order valence-electron chi connectivity index (χ2n) is 5.69. The molecule has 0 bridgehead atoms. The number of amides is 1. The third-order valence-electron chi connectivity index (χ3n) is 3.91. The predicted molar refractivity (Wildman–Crippen MR) is 141 cm³/mol. The number of carbonyl (C=O) groups excluding carboxylic acids is 1. The van der Waals surface area contributed by atoms with Crippen molar-refractivity contribution >= 4 is 108 Å². The number of hydrogen-bond acceptors (Lipinski definition) is 4. The molecule has 0 atom stereocenters. The normalized spacial score (nSPS) is 10.7. The molecule has 0 aliphatic heterocycles. The maximum Gasteiger partial charge on any atom is 0.339 e. The topological polar surface area (TPSA) is 75.6 Å². The summed E-state index contributed by atoms with van der Waals surface area (Å²) in [6, 6.07) is 8.74. The molecule has 0 saturated carbocycles. The summed E-state index contributed by atoms with van der Waals surface area (Å²) in [4.78, 5) is 25.5. The Hall–Kier alpha value is -0.640. The number of ether oxygens (including phenoxy) is 1. The maximum absolute atomic E-state index is 13.0. The molecule has 0 saturated heterocycles. The van der Waals surface area contributed by atoms with Gasteiger partial charge in [-0.15, -0.1) is 11.3 Å². The largest absolute Gasteiger partial charge is 0.496 e. The molecule has 10 heteroatoms. The SMILES string of the molecule is COc1cc(I)c(C(=O)Nc2csc(-c3cccc(Cl)c3)c2C(=O)O)c(I)c1I. The van der Waals surface area contributed by atoms with Crippen molar-refractivity contribution in [1.82, 2.24) is 0 Å². The third kappa shape index (κ3) is 4.83. The van der Waals surface area contributed by atoms with Gasteiger partial charge in [0.2, 0.25) is 0 Å². The molecule has 150 valence electrons. The van der Waals surface area contributed by atoms with E-state index in [2.05, 4.69) is 73.1 Å². The lowest BCUT2D eigenvalue weighted by Gasteiger charge is -2.13. The van der Waals surface area contributed by atoms with Crippen LogP contribution in [-0.2, 0) is 0 Å². The first-order valence-corrected chi connectivity index (χ1v) is 12.4. The number of benzene rings is 2. The van der Waals surface area contributed by atoms with Gasteiger partial charge in [0.1, 0.15) is 11.3 Å². The minimum atomic E-state index is -1.12. The number of carboxylic acid groups (broad SMARTS) is 1. The maximum atomic E-state index is 13.0. The number of carboxylic acids is 1. The number of nitrogens with one attached hydrogen (secondary N) is 1. The molecule has 1 aromatic heterocycles. The second kappa shape index (κ2) is 9.66. The van der Waals surface area contributed by atoms with Crippen molar-refractivity contribution in [2.45, 2.75) is 0 Å². The average Bonchev–Trinajstić information content (AvgIpc) is 3.08. The monoisotopic (exact) mass is 765 g/mol. The summed E-state index contributed by atoms with van der Waals surface area (Å²) in [7, 11) is 1.57. The number of thiophene rings is 1. The molecular weight excluding hydrogens is 754 g/mol. The fourth-order valence-electron chi connectivity index (χ4n) is 2.62. The van der Waals surface area contributed by atoms with Crippen LogP contribution in [0.2, 0.25) is 5.02 Å². The summed E-state index contributed by atoms with van der Waals surface area (Å²) in [5.41, 5.74) is 1.45. The van der Waals surface area contributed by atoms with Crippen LogP contribution in [-0.4, -0.2) is 24.1 Å². The zero-order chi connectivity index (χ0) is 21.3. The molecule has 0 aliphatic rings. The molecule has 0 fully saturated rings. The first-order chi connectivity index (χ1) is 13.7. The van der Waals surface area contributed by atoms with Crippen molar-refractivity contribution in [2.75, 3.05) is 12.4 Å². The standard InChI is InChI=1S/C19H11ClI3NO4S/c1-28-12-6-10(21)13(16(23)15(12)22)18(25)24-11-7-29-17(14(11)19(26)27)8-3-2-4-9(20)5-8/h2-7H,1H3,(H,24,25)(H,26,27).